The monoisotopic (exact) mass is 362 g/mol. The number of hydrogen-bond donors (Lipinski definition) is 1. The number of hydrogen-bond acceptors (Lipinski definition) is 4. The molecule has 0 bridgehead atoms. The minimum Gasteiger partial charge on any atom is -0.491 e. The van der Waals surface area contributed by atoms with Gasteiger partial charge in [-0.1, -0.05) is 0 Å². The Kier molecular flexibility index (Phi) is 4.92. The summed E-state index contributed by atoms with van der Waals surface area (Å²) < 4.78 is 50.8. The van der Waals surface area contributed by atoms with Crippen LogP contribution in [0.15, 0.2) is 47.3 Å². The van der Waals surface area contributed by atoms with Gasteiger partial charge in [0.25, 0.3) is 5.91 Å². The first-order chi connectivity index (χ1) is 12.5. The zero-order valence-corrected chi connectivity index (χ0v) is 13.6. The molecule has 0 fully saturated rings. The van der Waals surface area contributed by atoms with E-state index in [1.165, 1.54) is 12.5 Å². The highest BCUT2D eigenvalue weighted by molar-refractivity contribution is 5.95. The van der Waals surface area contributed by atoms with Gasteiger partial charge < -0.3 is 14.5 Å². The van der Waals surface area contributed by atoms with E-state index in [0.29, 0.717) is 23.0 Å². The van der Waals surface area contributed by atoms with Crippen molar-refractivity contribution in [3.63, 3.8) is 0 Å². The minimum absolute atomic E-state index is 0.00112. The number of nitrogens with one attached hydrogen (secondary N) is 1. The van der Waals surface area contributed by atoms with Crippen LogP contribution in [0.3, 0.4) is 0 Å². The standard InChI is InChI=1S/C18H13F3N2O3/c1-25-17-15(20)12(6-13(19)16(17)21)18(24)23-8-10-5-11(9-22-7-10)14-3-2-4-26-14/h2-7,9H,8H2,1H3,(H,23,24). The van der Waals surface area contributed by atoms with Crippen LogP contribution >= 0.6 is 0 Å². The molecule has 0 aliphatic heterocycles. The van der Waals surface area contributed by atoms with Crippen molar-refractivity contribution in [3.05, 3.63) is 71.5 Å². The number of amides is 1. The van der Waals surface area contributed by atoms with E-state index in [1.807, 2.05) is 0 Å². The van der Waals surface area contributed by atoms with Crippen molar-refractivity contribution in [2.75, 3.05) is 7.11 Å². The maximum absolute atomic E-state index is 14.1. The fourth-order valence-electron chi connectivity index (χ4n) is 2.36. The van der Waals surface area contributed by atoms with Gasteiger partial charge >= 0.3 is 0 Å². The first-order valence-electron chi connectivity index (χ1n) is 7.48. The van der Waals surface area contributed by atoms with Gasteiger partial charge in [0.1, 0.15) is 5.76 Å². The molecule has 1 amide bonds. The summed E-state index contributed by atoms with van der Waals surface area (Å²) in [7, 11) is 0.981. The number of aromatic nitrogens is 1. The molecule has 1 N–H and O–H groups in total. The van der Waals surface area contributed by atoms with Crippen LogP contribution < -0.4 is 10.1 Å². The lowest BCUT2D eigenvalue weighted by Crippen LogP contribution is -2.24. The summed E-state index contributed by atoms with van der Waals surface area (Å²) in [4.78, 5) is 16.2. The number of benzene rings is 1. The highest BCUT2D eigenvalue weighted by Gasteiger charge is 2.23. The van der Waals surface area contributed by atoms with E-state index in [2.05, 4.69) is 15.0 Å². The Morgan fingerprint density at radius 1 is 1.23 bits per heavy atom. The summed E-state index contributed by atoms with van der Waals surface area (Å²) in [5.41, 5.74) is 0.653. The van der Waals surface area contributed by atoms with E-state index in [4.69, 9.17) is 4.42 Å². The Balaban J connectivity index is 1.78. The molecule has 8 heteroatoms. The number of halogens is 3. The molecule has 0 spiro atoms. The smallest absolute Gasteiger partial charge is 0.254 e. The van der Waals surface area contributed by atoms with Gasteiger partial charge in [0.15, 0.2) is 17.4 Å². The third-order valence-corrected chi connectivity index (χ3v) is 3.62. The summed E-state index contributed by atoms with van der Waals surface area (Å²) >= 11 is 0. The van der Waals surface area contributed by atoms with Crippen molar-refractivity contribution in [1.82, 2.24) is 10.3 Å². The molecule has 2 heterocycles. The third-order valence-electron chi connectivity index (χ3n) is 3.62. The number of carbonyl (C=O) groups is 1. The van der Waals surface area contributed by atoms with Gasteiger partial charge in [0.05, 0.1) is 18.9 Å². The van der Waals surface area contributed by atoms with Gasteiger partial charge in [0.2, 0.25) is 5.82 Å². The largest absolute Gasteiger partial charge is 0.491 e. The van der Waals surface area contributed by atoms with Crippen LogP contribution in [0.1, 0.15) is 15.9 Å². The number of ether oxygens (including phenoxy) is 1. The first kappa shape index (κ1) is 17.5. The SMILES string of the molecule is COc1c(F)c(F)cc(C(=O)NCc2cncc(-c3ccco3)c2)c1F. The Hall–Kier alpha value is -3.29. The predicted molar refractivity (Wildman–Crippen MR) is 86.0 cm³/mol. The molecule has 134 valence electrons. The van der Waals surface area contributed by atoms with Crippen LogP contribution in [0.25, 0.3) is 11.3 Å². The number of pyridine rings is 1. The van der Waals surface area contributed by atoms with Crippen LogP contribution in [0.4, 0.5) is 13.2 Å². The Morgan fingerprint density at radius 3 is 2.73 bits per heavy atom. The van der Waals surface area contributed by atoms with Crippen molar-refractivity contribution in [2.45, 2.75) is 6.54 Å². The molecule has 5 nitrogen and oxygen atoms in total. The zero-order valence-electron chi connectivity index (χ0n) is 13.6. The molecule has 0 saturated heterocycles. The van der Waals surface area contributed by atoms with Crippen molar-refractivity contribution >= 4 is 5.91 Å². The molecule has 2 aromatic heterocycles. The number of methoxy groups -OCH3 is 1. The van der Waals surface area contributed by atoms with Gasteiger partial charge in [-0.3, -0.25) is 9.78 Å². The second-order valence-corrected chi connectivity index (χ2v) is 5.31. The Morgan fingerprint density at radius 2 is 2.04 bits per heavy atom. The number of carbonyl (C=O) groups excluding carboxylic acids is 1. The molecule has 0 aliphatic carbocycles. The van der Waals surface area contributed by atoms with Crippen molar-refractivity contribution in [1.29, 1.82) is 0 Å². The van der Waals surface area contributed by atoms with E-state index in [-0.39, 0.29) is 6.54 Å². The Bertz CT molecular complexity index is 943. The van der Waals surface area contributed by atoms with Crippen molar-refractivity contribution < 1.29 is 27.1 Å². The Labute approximate surface area is 146 Å². The van der Waals surface area contributed by atoms with E-state index in [0.717, 1.165) is 7.11 Å². The molecule has 0 aliphatic rings. The van der Waals surface area contributed by atoms with E-state index >= 15 is 0 Å². The van der Waals surface area contributed by atoms with Gasteiger partial charge in [-0.25, -0.2) is 8.78 Å². The van der Waals surface area contributed by atoms with Gasteiger partial charge in [0, 0.05) is 24.5 Å². The number of furan rings is 1. The number of rotatable bonds is 5. The first-order valence-corrected chi connectivity index (χ1v) is 7.48. The lowest BCUT2D eigenvalue weighted by molar-refractivity contribution is 0.0945. The number of nitrogens with zero attached hydrogens (tertiary/aromatic N) is 1. The predicted octanol–water partition coefficient (Wildman–Crippen LogP) is 3.70. The third kappa shape index (κ3) is 3.39. The summed E-state index contributed by atoms with van der Waals surface area (Å²) in [6.07, 6.45) is 4.61. The minimum atomic E-state index is -1.49. The second-order valence-electron chi connectivity index (χ2n) is 5.31. The van der Waals surface area contributed by atoms with Crippen LogP contribution in [-0.2, 0) is 6.54 Å². The fraction of sp³-hybridized carbons (Fsp3) is 0.111. The molecule has 0 atom stereocenters. The maximum atomic E-state index is 14.1. The molecular formula is C18H13F3N2O3. The molecule has 26 heavy (non-hydrogen) atoms. The van der Waals surface area contributed by atoms with Crippen LogP contribution in [-0.4, -0.2) is 18.0 Å². The molecule has 3 rings (SSSR count). The highest BCUT2D eigenvalue weighted by atomic mass is 19.2. The van der Waals surface area contributed by atoms with Crippen molar-refractivity contribution in [2.24, 2.45) is 0 Å². The molecular weight excluding hydrogens is 349 g/mol. The summed E-state index contributed by atoms with van der Waals surface area (Å²) in [6.45, 7) is 0.00112. The van der Waals surface area contributed by atoms with E-state index in [9.17, 15) is 18.0 Å². The van der Waals surface area contributed by atoms with Gasteiger partial charge in [-0.15, -0.1) is 0 Å². The van der Waals surface area contributed by atoms with Crippen LogP contribution in [0, 0.1) is 17.5 Å². The molecule has 0 radical (unpaired) electrons. The summed E-state index contributed by atoms with van der Waals surface area (Å²) in [5, 5.41) is 2.43. The lowest BCUT2D eigenvalue weighted by atomic mass is 10.1. The average molecular weight is 362 g/mol. The lowest BCUT2D eigenvalue weighted by Gasteiger charge is -2.10. The summed E-state index contributed by atoms with van der Waals surface area (Å²) in [6, 6.07) is 5.69. The topological polar surface area (TPSA) is 64.4 Å². The average Bonchev–Trinajstić information content (AvgIpc) is 3.18. The highest BCUT2D eigenvalue weighted by Crippen LogP contribution is 2.27. The van der Waals surface area contributed by atoms with Gasteiger partial charge in [-0.2, -0.15) is 4.39 Å². The normalized spacial score (nSPS) is 10.6. The molecule has 3 aromatic rings. The van der Waals surface area contributed by atoms with E-state index < -0.39 is 34.7 Å². The van der Waals surface area contributed by atoms with Crippen molar-refractivity contribution in [3.8, 4) is 17.1 Å². The molecule has 1 aromatic carbocycles. The van der Waals surface area contributed by atoms with Crippen LogP contribution in [0.2, 0.25) is 0 Å². The fourth-order valence-corrected chi connectivity index (χ4v) is 2.36. The van der Waals surface area contributed by atoms with Gasteiger partial charge in [-0.05, 0) is 29.8 Å². The molecule has 0 unspecified atom stereocenters. The van der Waals surface area contributed by atoms with Crippen LogP contribution in [0.5, 0.6) is 5.75 Å². The molecule has 0 saturated carbocycles. The zero-order chi connectivity index (χ0) is 18.7. The second kappa shape index (κ2) is 7.30. The summed E-state index contributed by atoms with van der Waals surface area (Å²) in [5.74, 6) is -5.40. The van der Waals surface area contributed by atoms with E-state index in [1.54, 1.807) is 24.4 Å². The quantitative estimate of drug-likeness (QED) is 0.703. The maximum Gasteiger partial charge on any atom is 0.254 e.